The number of aromatic nitrogens is 2. The Hall–Kier alpha value is -3.02. The molecular formula is C22H25N3O3. The summed E-state index contributed by atoms with van der Waals surface area (Å²) in [5.74, 6) is 2.02. The number of para-hydroxylation sites is 1. The average molecular weight is 379 g/mol. The van der Waals surface area contributed by atoms with Gasteiger partial charge in [0.05, 0.1) is 25.0 Å². The van der Waals surface area contributed by atoms with Gasteiger partial charge in [0.2, 0.25) is 0 Å². The molecule has 0 saturated heterocycles. The normalized spacial score (nSPS) is 17.8. The number of benzene rings is 1. The van der Waals surface area contributed by atoms with Gasteiger partial charge in [-0.1, -0.05) is 32.0 Å². The molecule has 2 heterocycles. The Balaban J connectivity index is 1.63. The number of nitrogens with zero attached hydrogens (tertiary/aromatic N) is 2. The molecule has 0 saturated carbocycles. The summed E-state index contributed by atoms with van der Waals surface area (Å²) in [4.78, 5) is 13.1. The molecule has 1 aliphatic carbocycles. The minimum atomic E-state index is -0.251. The second-order valence-corrected chi connectivity index (χ2v) is 8.13. The van der Waals surface area contributed by atoms with E-state index in [9.17, 15) is 4.79 Å². The fourth-order valence-corrected chi connectivity index (χ4v) is 3.92. The number of nitrogens with one attached hydrogen (secondary N) is 1. The maximum Gasteiger partial charge on any atom is 0.276 e. The van der Waals surface area contributed by atoms with Crippen LogP contribution in [0.5, 0.6) is 5.75 Å². The monoisotopic (exact) mass is 379 g/mol. The predicted octanol–water partition coefficient (Wildman–Crippen LogP) is 4.23. The Kier molecular flexibility index (Phi) is 4.49. The summed E-state index contributed by atoms with van der Waals surface area (Å²) in [6, 6.07) is 11.6. The lowest BCUT2D eigenvalue weighted by Crippen LogP contribution is -2.36. The number of hydrogen-bond donors (Lipinski definition) is 1. The summed E-state index contributed by atoms with van der Waals surface area (Å²) in [6.07, 6.45) is 3.43. The first-order valence-corrected chi connectivity index (χ1v) is 9.45. The van der Waals surface area contributed by atoms with Crippen molar-refractivity contribution in [2.45, 2.75) is 39.7 Å². The molecule has 6 nitrogen and oxygen atoms in total. The van der Waals surface area contributed by atoms with Gasteiger partial charge >= 0.3 is 0 Å². The van der Waals surface area contributed by atoms with Crippen LogP contribution in [0.1, 0.15) is 53.9 Å². The van der Waals surface area contributed by atoms with Gasteiger partial charge in [-0.3, -0.25) is 4.79 Å². The minimum absolute atomic E-state index is 0.0444. The van der Waals surface area contributed by atoms with E-state index in [1.807, 2.05) is 43.3 Å². The Labute approximate surface area is 164 Å². The third kappa shape index (κ3) is 3.42. The van der Waals surface area contributed by atoms with Gasteiger partial charge in [0, 0.05) is 12.0 Å². The van der Waals surface area contributed by atoms with Crippen LogP contribution in [0.15, 0.2) is 47.0 Å². The van der Waals surface area contributed by atoms with Crippen LogP contribution in [-0.4, -0.2) is 22.8 Å². The Morgan fingerprint density at radius 2 is 2.07 bits per heavy atom. The van der Waals surface area contributed by atoms with Crippen molar-refractivity contribution in [3.63, 3.8) is 0 Å². The number of ether oxygens (including phenoxy) is 1. The average Bonchev–Trinajstić information content (AvgIpc) is 3.24. The van der Waals surface area contributed by atoms with Crippen molar-refractivity contribution in [3.05, 3.63) is 65.4 Å². The molecule has 2 aromatic heterocycles. The lowest BCUT2D eigenvalue weighted by atomic mass is 9.74. The second kappa shape index (κ2) is 6.86. The highest BCUT2D eigenvalue weighted by Crippen LogP contribution is 2.42. The zero-order valence-electron chi connectivity index (χ0n) is 16.7. The van der Waals surface area contributed by atoms with Gasteiger partial charge in [-0.05, 0) is 37.0 Å². The van der Waals surface area contributed by atoms with Crippen molar-refractivity contribution in [1.29, 1.82) is 0 Å². The zero-order valence-corrected chi connectivity index (χ0v) is 16.7. The van der Waals surface area contributed by atoms with E-state index in [-0.39, 0.29) is 23.1 Å². The van der Waals surface area contributed by atoms with E-state index in [0.717, 1.165) is 35.6 Å². The number of methoxy groups -OCH3 is 1. The SMILES string of the molecule is COc1cn(-c2ccccc2)nc1C(=O)NC1CC(C)(C)Cc2oc(C)cc21. The number of amides is 1. The van der Waals surface area contributed by atoms with Crippen LogP contribution < -0.4 is 10.1 Å². The van der Waals surface area contributed by atoms with Crippen molar-refractivity contribution in [2.24, 2.45) is 5.41 Å². The molecule has 1 aliphatic rings. The Morgan fingerprint density at radius 3 is 2.79 bits per heavy atom. The highest BCUT2D eigenvalue weighted by atomic mass is 16.5. The van der Waals surface area contributed by atoms with Gasteiger partial charge in [-0.2, -0.15) is 5.10 Å². The number of rotatable bonds is 4. The van der Waals surface area contributed by atoms with Crippen LogP contribution in [0, 0.1) is 12.3 Å². The van der Waals surface area contributed by atoms with Crippen molar-refractivity contribution in [1.82, 2.24) is 15.1 Å². The van der Waals surface area contributed by atoms with Crippen molar-refractivity contribution < 1.29 is 13.9 Å². The second-order valence-electron chi connectivity index (χ2n) is 8.13. The maximum absolute atomic E-state index is 13.1. The molecule has 28 heavy (non-hydrogen) atoms. The quantitative estimate of drug-likeness (QED) is 0.737. The molecule has 146 valence electrons. The molecule has 0 spiro atoms. The minimum Gasteiger partial charge on any atom is -0.493 e. The molecule has 0 radical (unpaired) electrons. The highest BCUT2D eigenvalue weighted by Gasteiger charge is 2.36. The number of furan rings is 1. The van der Waals surface area contributed by atoms with Crippen molar-refractivity contribution >= 4 is 5.91 Å². The number of aryl methyl sites for hydroxylation is 1. The third-order valence-electron chi connectivity index (χ3n) is 5.18. The van der Waals surface area contributed by atoms with Crippen LogP contribution in [-0.2, 0) is 6.42 Å². The van der Waals surface area contributed by atoms with Gasteiger partial charge in [0.25, 0.3) is 5.91 Å². The summed E-state index contributed by atoms with van der Waals surface area (Å²) < 4.78 is 12.9. The van der Waals surface area contributed by atoms with Gasteiger partial charge in [0.15, 0.2) is 11.4 Å². The summed E-state index contributed by atoms with van der Waals surface area (Å²) >= 11 is 0. The molecule has 0 aliphatic heterocycles. The van der Waals surface area contributed by atoms with E-state index in [4.69, 9.17) is 9.15 Å². The van der Waals surface area contributed by atoms with Crippen LogP contribution in [0.2, 0.25) is 0 Å². The molecule has 0 bridgehead atoms. The van der Waals surface area contributed by atoms with E-state index < -0.39 is 0 Å². The number of carbonyl (C=O) groups is 1. The first-order valence-electron chi connectivity index (χ1n) is 9.45. The van der Waals surface area contributed by atoms with E-state index in [2.05, 4.69) is 24.3 Å². The summed E-state index contributed by atoms with van der Waals surface area (Å²) in [5, 5.41) is 7.62. The van der Waals surface area contributed by atoms with Crippen molar-refractivity contribution in [3.8, 4) is 11.4 Å². The molecule has 4 rings (SSSR count). The first kappa shape index (κ1) is 18.3. The summed E-state index contributed by atoms with van der Waals surface area (Å²) in [7, 11) is 1.55. The molecule has 1 N–H and O–H groups in total. The third-order valence-corrected chi connectivity index (χ3v) is 5.18. The smallest absolute Gasteiger partial charge is 0.276 e. The van der Waals surface area contributed by atoms with Crippen LogP contribution in [0.4, 0.5) is 0 Å². The zero-order chi connectivity index (χ0) is 19.9. The van der Waals surface area contributed by atoms with E-state index in [0.29, 0.717) is 5.75 Å². The Bertz CT molecular complexity index is 1000. The fraction of sp³-hybridized carbons (Fsp3) is 0.364. The standard InChI is InChI=1S/C22H25N3O3/c1-14-10-16-17(11-22(2,3)12-18(16)28-14)23-21(26)20-19(27-4)13-25(24-20)15-8-6-5-7-9-15/h5-10,13,17H,11-12H2,1-4H3,(H,23,26). The lowest BCUT2D eigenvalue weighted by Gasteiger charge is -2.34. The van der Waals surface area contributed by atoms with E-state index >= 15 is 0 Å². The molecule has 0 fully saturated rings. The molecular weight excluding hydrogens is 354 g/mol. The van der Waals surface area contributed by atoms with Gasteiger partial charge < -0.3 is 14.5 Å². The molecule has 3 aromatic rings. The van der Waals surface area contributed by atoms with E-state index in [1.165, 1.54) is 0 Å². The molecule has 6 heteroatoms. The summed E-state index contributed by atoms with van der Waals surface area (Å²) in [6.45, 7) is 6.32. The largest absolute Gasteiger partial charge is 0.493 e. The van der Waals surface area contributed by atoms with Gasteiger partial charge in [0.1, 0.15) is 11.5 Å². The van der Waals surface area contributed by atoms with Crippen LogP contribution >= 0.6 is 0 Å². The molecule has 1 unspecified atom stereocenters. The summed E-state index contributed by atoms with van der Waals surface area (Å²) in [5.41, 5.74) is 2.25. The van der Waals surface area contributed by atoms with Crippen LogP contribution in [0.25, 0.3) is 5.69 Å². The maximum atomic E-state index is 13.1. The predicted molar refractivity (Wildman–Crippen MR) is 106 cm³/mol. The molecule has 1 atom stereocenters. The topological polar surface area (TPSA) is 69.3 Å². The van der Waals surface area contributed by atoms with Crippen molar-refractivity contribution in [2.75, 3.05) is 7.11 Å². The van der Waals surface area contributed by atoms with Gasteiger partial charge in [-0.25, -0.2) is 4.68 Å². The molecule has 1 amide bonds. The first-order chi connectivity index (χ1) is 13.4. The number of fused-ring (bicyclic) bond motifs is 1. The van der Waals surface area contributed by atoms with E-state index in [1.54, 1.807) is 18.0 Å². The molecule has 1 aromatic carbocycles. The van der Waals surface area contributed by atoms with Gasteiger partial charge in [-0.15, -0.1) is 0 Å². The van der Waals surface area contributed by atoms with Crippen LogP contribution in [0.3, 0.4) is 0 Å². The number of hydrogen-bond acceptors (Lipinski definition) is 4. The lowest BCUT2D eigenvalue weighted by molar-refractivity contribution is 0.0909. The number of carbonyl (C=O) groups excluding carboxylic acids is 1. The highest BCUT2D eigenvalue weighted by molar-refractivity contribution is 5.95. The fourth-order valence-electron chi connectivity index (χ4n) is 3.92. The Morgan fingerprint density at radius 1 is 1.32 bits per heavy atom.